The van der Waals surface area contributed by atoms with Gasteiger partial charge in [0.25, 0.3) is 0 Å². The van der Waals surface area contributed by atoms with Crippen LogP contribution in [0.4, 0.5) is 0 Å². The zero-order valence-corrected chi connectivity index (χ0v) is 11.5. The summed E-state index contributed by atoms with van der Waals surface area (Å²) in [7, 11) is 0. The predicted octanol–water partition coefficient (Wildman–Crippen LogP) is 2.65. The Bertz CT molecular complexity index is 680. The van der Waals surface area contributed by atoms with E-state index in [-0.39, 0.29) is 28.0 Å². The molecule has 0 amide bonds. The van der Waals surface area contributed by atoms with Crippen LogP contribution in [0.25, 0.3) is 0 Å². The molecule has 0 atom stereocenters. The van der Waals surface area contributed by atoms with Crippen molar-refractivity contribution in [1.82, 2.24) is 0 Å². The van der Waals surface area contributed by atoms with Crippen LogP contribution in [-0.4, -0.2) is 21.8 Å². The minimum absolute atomic E-state index is 0.0496. The summed E-state index contributed by atoms with van der Waals surface area (Å²) in [5, 5.41) is 20.9. The summed E-state index contributed by atoms with van der Waals surface area (Å²) in [4.78, 5) is 23.9. The SMILES string of the molecule is CC1(C)CCCc2c(O)c3c(c(O)c21)C(=O)C=CC3=O. The van der Waals surface area contributed by atoms with Crippen molar-refractivity contribution in [1.29, 1.82) is 0 Å². The molecule has 0 bridgehead atoms. The average molecular weight is 272 g/mol. The third-order valence-electron chi connectivity index (χ3n) is 4.33. The second kappa shape index (κ2) is 3.95. The summed E-state index contributed by atoms with van der Waals surface area (Å²) in [5.41, 5.74) is 0.787. The highest BCUT2D eigenvalue weighted by Gasteiger charge is 2.38. The van der Waals surface area contributed by atoms with Gasteiger partial charge in [0.15, 0.2) is 11.6 Å². The third kappa shape index (κ3) is 1.54. The molecule has 104 valence electrons. The summed E-state index contributed by atoms with van der Waals surface area (Å²) in [5.74, 6) is -1.14. The number of carbonyl (C=O) groups excluding carboxylic acids is 2. The fourth-order valence-corrected chi connectivity index (χ4v) is 3.38. The minimum atomic E-state index is -0.434. The molecule has 0 heterocycles. The molecule has 20 heavy (non-hydrogen) atoms. The number of hydrogen-bond donors (Lipinski definition) is 2. The van der Waals surface area contributed by atoms with Crippen LogP contribution < -0.4 is 0 Å². The number of rotatable bonds is 0. The second-order valence-electron chi connectivity index (χ2n) is 6.10. The van der Waals surface area contributed by atoms with Gasteiger partial charge in [-0.1, -0.05) is 13.8 Å². The van der Waals surface area contributed by atoms with E-state index in [1.54, 1.807) is 0 Å². The maximum atomic E-state index is 12.0. The molecule has 3 rings (SSSR count). The Morgan fingerprint density at radius 3 is 2.15 bits per heavy atom. The van der Waals surface area contributed by atoms with Gasteiger partial charge in [0, 0.05) is 11.1 Å². The number of phenols is 2. The summed E-state index contributed by atoms with van der Waals surface area (Å²) in [6, 6.07) is 0. The summed E-state index contributed by atoms with van der Waals surface area (Å²) in [6.45, 7) is 3.95. The Hall–Kier alpha value is -2.10. The summed E-state index contributed by atoms with van der Waals surface area (Å²) in [6.07, 6.45) is 4.64. The van der Waals surface area contributed by atoms with E-state index in [9.17, 15) is 19.8 Å². The van der Waals surface area contributed by atoms with E-state index in [1.165, 1.54) is 0 Å². The van der Waals surface area contributed by atoms with Gasteiger partial charge in [-0.3, -0.25) is 9.59 Å². The van der Waals surface area contributed by atoms with Gasteiger partial charge >= 0.3 is 0 Å². The van der Waals surface area contributed by atoms with Crippen molar-refractivity contribution in [3.63, 3.8) is 0 Å². The van der Waals surface area contributed by atoms with Crippen LogP contribution >= 0.6 is 0 Å². The highest BCUT2D eigenvalue weighted by Crippen LogP contribution is 2.49. The van der Waals surface area contributed by atoms with Crippen molar-refractivity contribution in [2.24, 2.45) is 0 Å². The van der Waals surface area contributed by atoms with Crippen LogP contribution in [0.2, 0.25) is 0 Å². The van der Waals surface area contributed by atoms with Gasteiger partial charge < -0.3 is 10.2 Å². The molecule has 0 fully saturated rings. The first-order chi connectivity index (χ1) is 9.34. The first-order valence-electron chi connectivity index (χ1n) is 6.72. The zero-order valence-electron chi connectivity index (χ0n) is 11.5. The lowest BCUT2D eigenvalue weighted by atomic mass is 9.70. The van der Waals surface area contributed by atoms with Crippen molar-refractivity contribution in [3.8, 4) is 11.5 Å². The summed E-state index contributed by atoms with van der Waals surface area (Å²) < 4.78 is 0. The van der Waals surface area contributed by atoms with Crippen LogP contribution in [0.1, 0.15) is 58.5 Å². The molecular formula is C16H16O4. The van der Waals surface area contributed by atoms with E-state index in [4.69, 9.17) is 0 Å². The predicted molar refractivity (Wildman–Crippen MR) is 73.5 cm³/mol. The Morgan fingerprint density at radius 2 is 1.55 bits per heavy atom. The maximum absolute atomic E-state index is 12.0. The monoisotopic (exact) mass is 272 g/mol. The topological polar surface area (TPSA) is 74.6 Å². The Balaban J connectivity index is 2.43. The number of allylic oxidation sites excluding steroid dienone is 2. The Kier molecular flexibility index (Phi) is 2.55. The van der Waals surface area contributed by atoms with E-state index < -0.39 is 11.6 Å². The van der Waals surface area contributed by atoms with Crippen LogP contribution in [0, 0.1) is 0 Å². The Labute approximate surface area is 116 Å². The molecule has 4 heteroatoms. The van der Waals surface area contributed by atoms with Crippen LogP contribution in [0.3, 0.4) is 0 Å². The van der Waals surface area contributed by atoms with Gasteiger partial charge in [0.05, 0.1) is 11.1 Å². The normalized spacial score (nSPS) is 19.7. The highest BCUT2D eigenvalue weighted by atomic mass is 16.3. The van der Waals surface area contributed by atoms with Crippen molar-refractivity contribution in [3.05, 3.63) is 34.4 Å². The molecule has 0 aliphatic heterocycles. The standard InChI is InChI=1S/C16H16O4/c1-16(2)7-3-4-8-13(16)15(20)12-10(18)6-5-9(17)11(12)14(8)19/h5-6,19-20H,3-4,7H2,1-2H3. The molecule has 0 unspecified atom stereocenters. The van der Waals surface area contributed by atoms with Crippen molar-refractivity contribution in [2.45, 2.75) is 38.5 Å². The molecule has 0 aromatic heterocycles. The fourth-order valence-electron chi connectivity index (χ4n) is 3.38. The molecule has 2 aliphatic rings. The molecule has 0 radical (unpaired) electrons. The molecule has 0 saturated heterocycles. The number of fused-ring (bicyclic) bond motifs is 2. The van der Waals surface area contributed by atoms with Crippen LogP contribution in [0.15, 0.2) is 12.2 Å². The van der Waals surface area contributed by atoms with Gasteiger partial charge in [-0.15, -0.1) is 0 Å². The van der Waals surface area contributed by atoms with Crippen molar-refractivity contribution >= 4 is 11.6 Å². The molecule has 2 aliphatic carbocycles. The van der Waals surface area contributed by atoms with Gasteiger partial charge in [0.2, 0.25) is 0 Å². The molecule has 0 saturated carbocycles. The first-order valence-corrected chi connectivity index (χ1v) is 6.72. The van der Waals surface area contributed by atoms with E-state index >= 15 is 0 Å². The van der Waals surface area contributed by atoms with E-state index in [0.717, 1.165) is 25.0 Å². The van der Waals surface area contributed by atoms with Gasteiger partial charge in [-0.2, -0.15) is 0 Å². The van der Waals surface area contributed by atoms with Crippen molar-refractivity contribution in [2.75, 3.05) is 0 Å². The number of ketones is 2. The van der Waals surface area contributed by atoms with Crippen molar-refractivity contribution < 1.29 is 19.8 Å². The smallest absolute Gasteiger partial charge is 0.190 e. The van der Waals surface area contributed by atoms with Crippen LogP contribution in [-0.2, 0) is 11.8 Å². The number of aromatic hydroxyl groups is 2. The molecular weight excluding hydrogens is 256 g/mol. The third-order valence-corrected chi connectivity index (χ3v) is 4.33. The fraction of sp³-hybridized carbons (Fsp3) is 0.375. The molecule has 1 aromatic rings. The van der Waals surface area contributed by atoms with Gasteiger partial charge in [0.1, 0.15) is 11.5 Å². The van der Waals surface area contributed by atoms with E-state index in [0.29, 0.717) is 17.5 Å². The van der Waals surface area contributed by atoms with E-state index in [2.05, 4.69) is 0 Å². The average Bonchev–Trinajstić information content (AvgIpc) is 2.37. The highest BCUT2D eigenvalue weighted by molar-refractivity contribution is 6.24. The largest absolute Gasteiger partial charge is 0.507 e. The lowest BCUT2D eigenvalue weighted by Gasteiger charge is -2.35. The number of phenolic OH excluding ortho intramolecular Hbond substituents is 2. The Morgan fingerprint density at radius 1 is 1.00 bits per heavy atom. The maximum Gasteiger partial charge on any atom is 0.190 e. The first kappa shape index (κ1) is 12.9. The lowest BCUT2D eigenvalue weighted by molar-refractivity contribution is 0.0988. The number of benzene rings is 1. The van der Waals surface area contributed by atoms with Crippen LogP contribution in [0.5, 0.6) is 11.5 Å². The lowest BCUT2D eigenvalue weighted by Crippen LogP contribution is -2.26. The zero-order chi connectivity index (χ0) is 14.7. The van der Waals surface area contributed by atoms with Gasteiger partial charge in [-0.25, -0.2) is 0 Å². The summed E-state index contributed by atoms with van der Waals surface area (Å²) >= 11 is 0. The second-order valence-corrected chi connectivity index (χ2v) is 6.10. The van der Waals surface area contributed by atoms with Gasteiger partial charge in [-0.05, 0) is 36.8 Å². The molecule has 2 N–H and O–H groups in total. The molecule has 4 nitrogen and oxygen atoms in total. The van der Waals surface area contributed by atoms with E-state index in [1.807, 2.05) is 13.8 Å². The number of carbonyl (C=O) groups is 2. The quantitative estimate of drug-likeness (QED) is 0.712. The number of hydrogen-bond acceptors (Lipinski definition) is 4. The molecule has 0 spiro atoms. The minimum Gasteiger partial charge on any atom is -0.507 e. The molecule has 1 aromatic carbocycles.